The van der Waals surface area contributed by atoms with Gasteiger partial charge in [0.1, 0.15) is 17.7 Å². The predicted octanol–water partition coefficient (Wildman–Crippen LogP) is 5.30. The van der Waals surface area contributed by atoms with Crippen molar-refractivity contribution in [2.24, 2.45) is 0 Å². The summed E-state index contributed by atoms with van der Waals surface area (Å²) in [5.41, 5.74) is 8.13. The van der Waals surface area contributed by atoms with Crippen molar-refractivity contribution in [2.75, 3.05) is 12.4 Å². The van der Waals surface area contributed by atoms with Crippen molar-refractivity contribution in [1.82, 2.24) is 9.55 Å². The second-order valence-electron chi connectivity index (χ2n) is 7.10. The molecular formula is C23H21N3O. The van der Waals surface area contributed by atoms with Gasteiger partial charge in [0.05, 0.1) is 18.1 Å². The maximum absolute atomic E-state index is 5.33. The molecule has 0 amide bonds. The predicted molar refractivity (Wildman–Crippen MR) is 109 cm³/mol. The third-order valence-electron chi connectivity index (χ3n) is 5.45. The van der Waals surface area contributed by atoms with Crippen molar-refractivity contribution in [3.05, 3.63) is 77.4 Å². The normalized spacial score (nSPS) is 15.1. The molecule has 5 rings (SSSR count). The quantitative estimate of drug-likeness (QED) is 0.530. The van der Waals surface area contributed by atoms with Crippen LogP contribution in [0, 0.1) is 13.8 Å². The molecule has 134 valence electrons. The van der Waals surface area contributed by atoms with Gasteiger partial charge in [-0.15, -0.1) is 0 Å². The van der Waals surface area contributed by atoms with Gasteiger partial charge in [-0.1, -0.05) is 24.3 Å². The molecule has 4 nitrogen and oxygen atoms in total. The van der Waals surface area contributed by atoms with Crippen LogP contribution in [0.5, 0.6) is 5.75 Å². The maximum Gasteiger partial charge on any atom is 0.145 e. The number of para-hydroxylation sites is 1. The average Bonchev–Trinajstić information content (AvgIpc) is 3.06. The minimum Gasteiger partial charge on any atom is -0.497 e. The molecule has 4 aromatic rings. The van der Waals surface area contributed by atoms with E-state index in [9.17, 15) is 0 Å². The fourth-order valence-electron chi connectivity index (χ4n) is 3.84. The summed E-state index contributed by atoms with van der Waals surface area (Å²) < 4.78 is 7.64. The van der Waals surface area contributed by atoms with E-state index in [1.807, 2.05) is 12.1 Å². The molecule has 0 aliphatic carbocycles. The van der Waals surface area contributed by atoms with E-state index in [0.717, 1.165) is 33.9 Å². The Hall–Kier alpha value is -3.27. The highest BCUT2D eigenvalue weighted by molar-refractivity contribution is 5.87. The Kier molecular flexibility index (Phi) is 3.47. The fraction of sp³-hybridized carbons (Fsp3) is 0.174. The van der Waals surface area contributed by atoms with E-state index in [1.165, 1.54) is 16.7 Å². The molecule has 1 atom stereocenters. The van der Waals surface area contributed by atoms with Gasteiger partial charge in [0, 0.05) is 11.3 Å². The summed E-state index contributed by atoms with van der Waals surface area (Å²) in [6.07, 6.45) is -0.0205. The molecule has 1 aliphatic rings. The Bertz CT molecular complexity index is 1160. The zero-order chi connectivity index (χ0) is 18.5. The molecule has 0 fully saturated rings. The number of benzene rings is 3. The third kappa shape index (κ3) is 2.40. The molecule has 4 heteroatoms. The zero-order valence-electron chi connectivity index (χ0n) is 15.7. The van der Waals surface area contributed by atoms with Crippen molar-refractivity contribution in [1.29, 1.82) is 0 Å². The second kappa shape index (κ2) is 5.88. The number of nitrogens with one attached hydrogen (secondary N) is 1. The molecule has 0 bridgehead atoms. The highest BCUT2D eigenvalue weighted by Crippen LogP contribution is 2.41. The van der Waals surface area contributed by atoms with Crippen LogP contribution in [0.4, 0.5) is 5.69 Å². The number of rotatable bonds is 2. The van der Waals surface area contributed by atoms with Crippen LogP contribution in [0.25, 0.3) is 22.4 Å². The molecule has 0 spiro atoms. The van der Waals surface area contributed by atoms with Crippen LogP contribution in [-0.2, 0) is 0 Å². The SMILES string of the molecule is COc1ccc(C2Nc3ccccc3-c3nc4cc(C)c(C)cc4n32)cc1. The zero-order valence-corrected chi connectivity index (χ0v) is 15.7. The van der Waals surface area contributed by atoms with Gasteiger partial charge in [-0.2, -0.15) is 0 Å². The standard InChI is InChI=1S/C23H21N3O/c1-14-12-20-21(13-15(14)2)26-22(16-8-10-17(27-3)11-9-16)24-19-7-5-4-6-18(19)23(26)25-20/h4-13,22,24H,1-3H3. The smallest absolute Gasteiger partial charge is 0.145 e. The highest BCUT2D eigenvalue weighted by atomic mass is 16.5. The van der Waals surface area contributed by atoms with E-state index in [0.29, 0.717) is 0 Å². The largest absolute Gasteiger partial charge is 0.497 e. The summed E-state index contributed by atoms with van der Waals surface area (Å²) in [5, 5.41) is 3.70. The molecule has 2 heterocycles. The molecule has 1 unspecified atom stereocenters. The van der Waals surface area contributed by atoms with Gasteiger partial charge < -0.3 is 10.1 Å². The first-order valence-corrected chi connectivity index (χ1v) is 9.15. The van der Waals surface area contributed by atoms with Gasteiger partial charge in [-0.25, -0.2) is 4.98 Å². The molecule has 0 saturated carbocycles. The number of anilines is 1. The Morgan fingerprint density at radius 2 is 1.70 bits per heavy atom. The van der Waals surface area contributed by atoms with Crippen LogP contribution in [0.1, 0.15) is 22.9 Å². The molecule has 1 aromatic heterocycles. The van der Waals surface area contributed by atoms with Crippen LogP contribution in [0.2, 0.25) is 0 Å². The van der Waals surface area contributed by atoms with E-state index < -0.39 is 0 Å². The minimum atomic E-state index is -0.0205. The van der Waals surface area contributed by atoms with Crippen molar-refractivity contribution < 1.29 is 4.74 Å². The second-order valence-corrected chi connectivity index (χ2v) is 7.10. The lowest BCUT2D eigenvalue weighted by Crippen LogP contribution is -2.24. The monoisotopic (exact) mass is 355 g/mol. The number of ether oxygens (including phenoxy) is 1. The van der Waals surface area contributed by atoms with Gasteiger partial charge >= 0.3 is 0 Å². The average molecular weight is 355 g/mol. The van der Waals surface area contributed by atoms with E-state index in [-0.39, 0.29) is 6.17 Å². The number of hydrogen-bond donors (Lipinski definition) is 1. The van der Waals surface area contributed by atoms with E-state index >= 15 is 0 Å². The van der Waals surface area contributed by atoms with Crippen molar-refractivity contribution in [2.45, 2.75) is 20.0 Å². The van der Waals surface area contributed by atoms with Crippen LogP contribution in [0.3, 0.4) is 0 Å². The van der Waals surface area contributed by atoms with Gasteiger partial charge in [0.25, 0.3) is 0 Å². The Morgan fingerprint density at radius 3 is 2.48 bits per heavy atom. The van der Waals surface area contributed by atoms with Crippen LogP contribution >= 0.6 is 0 Å². The lowest BCUT2D eigenvalue weighted by atomic mass is 10.0. The van der Waals surface area contributed by atoms with E-state index in [1.54, 1.807) is 7.11 Å². The Balaban J connectivity index is 1.79. The number of hydrogen-bond acceptors (Lipinski definition) is 3. The molecule has 3 aromatic carbocycles. The number of methoxy groups -OCH3 is 1. The number of aryl methyl sites for hydroxylation is 2. The van der Waals surface area contributed by atoms with Gasteiger partial charge in [-0.05, 0) is 66.9 Å². The minimum absolute atomic E-state index is 0.0205. The third-order valence-corrected chi connectivity index (χ3v) is 5.45. The van der Waals surface area contributed by atoms with Gasteiger partial charge in [0.2, 0.25) is 0 Å². The van der Waals surface area contributed by atoms with Crippen molar-refractivity contribution in [3.63, 3.8) is 0 Å². The van der Waals surface area contributed by atoms with Gasteiger partial charge in [0.15, 0.2) is 0 Å². The molecule has 1 aliphatic heterocycles. The highest BCUT2D eigenvalue weighted by Gasteiger charge is 2.28. The Labute approximate surface area is 158 Å². The number of nitrogens with zero attached hydrogens (tertiary/aromatic N) is 2. The van der Waals surface area contributed by atoms with E-state index in [4.69, 9.17) is 9.72 Å². The fourth-order valence-corrected chi connectivity index (χ4v) is 3.84. The van der Waals surface area contributed by atoms with Crippen molar-refractivity contribution in [3.8, 4) is 17.1 Å². The Morgan fingerprint density at radius 1 is 0.963 bits per heavy atom. The van der Waals surface area contributed by atoms with Crippen LogP contribution < -0.4 is 10.1 Å². The molecule has 27 heavy (non-hydrogen) atoms. The van der Waals surface area contributed by atoms with Crippen molar-refractivity contribution >= 4 is 16.7 Å². The molecule has 0 saturated heterocycles. The number of fused-ring (bicyclic) bond motifs is 5. The lowest BCUT2D eigenvalue weighted by Gasteiger charge is -2.30. The van der Waals surface area contributed by atoms with Crippen LogP contribution in [-0.4, -0.2) is 16.7 Å². The molecule has 0 radical (unpaired) electrons. The molecular weight excluding hydrogens is 334 g/mol. The summed E-state index contributed by atoms with van der Waals surface area (Å²) in [6, 6.07) is 21.0. The first-order chi connectivity index (χ1) is 13.2. The molecule has 1 N–H and O–H groups in total. The summed E-state index contributed by atoms with van der Waals surface area (Å²) in [6.45, 7) is 4.29. The topological polar surface area (TPSA) is 39.1 Å². The number of aromatic nitrogens is 2. The van der Waals surface area contributed by atoms with Crippen LogP contribution in [0.15, 0.2) is 60.7 Å². The maximum atomic E-state index is 5.33. The van der Waals surface area contributed by atoms with Gasteiger partial charge in [-0.3, -0.25) is 4.57 Å². The van der Waals surface area contributed by atoms with E-state index in [2.05, 4.69) is 72.3 Å². The summed E-state index contributed by atoms with van der Waals surface area (Å²) in [5.74, 6) is 1.86. The summed E-state index contributed by atoms with van der Waals surface area (Å²) in [7, 11) is 1.69. The summed E-state index contributed by atoms with van der Waals surface area (Å²) in [4.78, 5) is 5.00. The summed E-state index contributed by atoms with van der Waals surface area (Å²) >= 11 is 0. The lowest BCUT2D eigenvalue weighted by molar-refractivity contribution is 0.414. The first-order valence-electron chi connectivity index (χ1n) is 9.15. The number of imidazole rings is 1. The first kappa shape index (κ1) is 15.9.